The van der Waals surface area contributed by atoms with Gasteiger partial charge >= 0.3 is 0 Å². The number of fused-ring (bicyclic) bond motifs is 7. The van der Waals surface area contributed by atoms with Gasteiger partial charge in [0, 0.05) is 99.9 Å². The highest BCUT2D eigenvalue weighted by atomic mass is 15.3. The van der Waals surface area contributed by atoms with Crippen LogP contribution in [0.4, 0.5) is 51.2 Å². The monoisotopic (exact) mass is 1820 g/mol. The first-order valence-electron chi connectivity index (χ1n) is 47.8. The van der Waals surface area contributed by atoms with Crippen molar-refractivity contribution in [1.82, 2.24) is 58.7 Å². The van der Waals surface area contributed by atoms with Crippen LogP contribution in [0.15, 0.2) is 455 Å². The number of benzene rings is 19. The van der Waals surface area contributed by atoms with Crippen molar-refractivity contribution in [3.8, 4) is 67.5 Å². The van der Waals surface area contributed by atoms with Gasteiger partial charge in [0.1, 0.15) is 0 Å². The molecule has 0 amide bonds. The van der Waals surface area contributed by atoms with Crippen LogP contribution < -0.4 is 14.7 Å². The van der Waals surface area contributed by atoms with Gasteiger partial charge in [-0.1, -0.05) is 272 Å². The van der Waals surface area contributed by atoms with Crippen LogP contribution in [-0.2, 0) is 0 Å². The van der Waals surface area contributed by atoms with Crippen LogP contribution in [0.25, 0.3) is 144 Å². The summed E-state index contributed by atoms with van der Waals surface area (Å²) >= 11 is 0. The first-order chi connectivity index (χ1) is 69.3. The van der Waals surface area contributed by atoms with E-state index in [-0.39, 0.29) is 0 Å². The third-order valence-electron chi connectivity index (χ3n) is 26.8. The SMILES string of the molecule is Cc1ccc(N(c2ccc(C)cc2)c2ccc(-c3c4c(C)nn(-c5ccccc5)c4cc4c3c(C)nn4-c3ccccc3)cc2)cc1.Cc1nn(-c2ccccc2)c2cc3c(c(C)nn3-c3ccccc3)c(-c3ccc(N(c4ccccc4)c4cccc5ccccc45)cc3)c12.Cc1nn(-c2ccccc2)c2cc3c(c(C)nn3-c3ccccc3)c(-c3ccc(N(c4ccccc4)c4ccccc4)cc3)c12. The second kappa shape index (κ2) is 37.0. The zero-order valence-corrected chi connectivity index (χ0v) is 79.5. The number of hydrogen-bond acceptors (Lipinski definition) is 9. The Morgan fingerprint density at radius 1 is 0.170 bits per heavy atom. The molecule has 0 unspecified atom stereocenters. The number of hydrogen-bond donors (Lipinski definition) is 0. The van der Waals surface area contributed by atoms with Gasteiger partial charge in [0.05, 0.1) is 107 Å². The van der Waals surface area contributed by atoms with E-state index in [2.05, 4.69) is 517 Å². The van der Waals surface area contributed by atoms with E-state index in [4.69, 9.17) is 30.6 Å². The minimum absolute atomic E-state index is 0.980. The van der Waals surface area contributed by atoms with Gasteiger partial charge in [-0.15, -0.1) is 0 Å². The molecule has 0 N–H and O–H groups in total. The van der Waals surface area contributed by atoms with Crippen molar-refractivity contribution in [3.63, 3.8) is 0 Å². The fourth-order valence-corrected chi connectivity index (χ4v) is 20.3. The van der Waals surface area contributed by atoms with E-state index in [0.29, 0.717) is 0 Å². The summed E-state index contributed by atoms with van der Waals surface area (Å²) in [4.78, 5) is 6.95. The minimum atomic E-state index is 0.980. The van der Waals surface area contributed by atoms with Gasteiger partial charge in [0.15, 0.2) is 0 Å². The van der Waals surface area contributed by atoms with Crippen molar-refractivity contribution >= 4 is 127 Å². The van der Waals surface area contributed by atoms with Crippen molar-refractivity contribution in [2.24, 2.45) is 0 Å². The summed E-state index contributed by atoms with van der Waals surface area (Å²) in [7, 11) is 0. The second-order valence-electron chi connectivity index (χ2n) is 35.9. The van der Waals surface area contributed by atoms with Gasteiger partial charge in [-0.2, -0.15) is 30.6 Å². The number of nitrogens with zero attached hydrogens (tertiary/aromatic N) is 15. The minimum Gasteiger partial charge on any atom is -0.311 e. The van der Waals surface area contributed by atoms with E-state index in [1.807, 2.05) is 36.4 Å². The van der Waals surface area contributed by atoms with E-state index in [1.54, 1.807) is 0 Å². The van der Waals surface area contributed by atoms with E-state index >= 15 is 0 Å². The predicted molar refractivity (Wildman–Crippen MR) is 583 cm³/mol. The molecule has 15 nitrogen and oxygen atoms in total. The highest BCUT2D eigenvalue weighted by Crippen LogP contribution is 2.49. The van der Waals surface area contributed by atoms with Crippen LogP contribution in [0.5, 0.6) is 0 Å². The van der Waals surface area contributed by atoms with E-state index in [1.165, 1.54) is 21.9 Å². The average Bonchev–Trinajstić information content (AvgIpc) is 1.57. The fraction of sp³-hybridized carbons (Fsp3) is 0.0635. The topological polar surface area (TPSA) is 117 Å². The first kappa shape index (κ1) is 86.8. The Kier molecular flexibility index (Phi) is 22.8. The van der Waals surface area contributed by atoms with Crippen molar-refractivity contribution in [1.29, 1.82) is 0 Å². The Hall–Kier alpha value is -18.3. The standard InChI is InChI=1S/C44H33N5.C42H35N5.C40H31N5/c1-30-42-40(48(45-30)36-19-8-4-9-20-36)29-41-43(31(2)46-49(41)37-21-10-5-11-22-37)44(42)33-25-27-35(28-26-33)47(34-17-6-3-7-18-34)39-24-14-16-32-15-12-13-23-38(32)39;1-28-15-21-33(22-16-28)45(34-23-17-29(2)18-24-34)35-25-19-32(20-26-35)42-40-30(3)43-46(36-11-7-5-8-12-36)38(40)27-39-41(42)31(4)44-47(39)37-13-9-6-10-14-37;1-28-38-36(44(41-28)34-19-11-5-12-20-34)27-37-39(29(2)42-45(37)35-21-13-6-14-22-35)40(38)30-23-25-33(26-24-30)43(31-15-7-3-8-16-31)32-17-9-4-10-18-32/h3-29H,1-2H3;5-27H,1-4H3;3-27H,1-2H3. The largest absolute Gasteiger partial charge is 0.311 e. The molecule has 0 aliphatic rings. The van der Waals surface area contributed by atoms with Crippen molar-refractivity contribution in [2.45, 2.75) is 55.4 Å². The molecule has 19 aromatic carbocycles. The van der Waals surface area contributed by atoms with Gasteiger partial charge in [-0.05, 0) is 272 Å². The summed E-state index contributed by atoms with van der Waals surface area (Å²) in [5.41, 5.74) is 37.7. The molecule has 0 bridgehead atoms. The first-order valence-corrected chi connectivity index (χ1v) is 47.8. The van der Waals surface area contributed by atoms with Crippen LogP contribution in [0, 0.1) is 55.4 Å². The molecule has 15 heteroatoms. The van der Waals surface area contributed by atoms with Gasteiger partial charge in [0.25, 0.3) is 0 Å². The molecule has 25 aromatic rings. The van der Waals surface area contributed by atoms with Crippen LogP contribution >= 0.6 is 0 Å². The molecule has 0 spiro atoms. The Balaban J connectivity index is 0.000000118. The molecule has 0 aliphatic heterocycles. The summed E-state index contributed by atoms with van der Waals surface area (Å²) in [5, 5.41) is 39.8. The zero-order chi connectivity index (χ0) is 95.3. The highest BCUT2D eigenvalue weighted by molar-refractivity contribution is 6.17. The third kappa shape index (κ3) is 16.1. The molecular formula is C126H99N15. The molecule has 0 saturated carbocycles. The molecule has 0 atom stereocenters. The Bertz CT molecular complexity index is 8470. The predicted octanol–water partition coefficient (Wildman–Crippen LogP) is 32.1. The zero-order valence-electron chi connectivity index (χ0n) is 79.5. The smallest absolute Gasteiger partial charge is 0.0772 e. The highest BCUT2D eigenvalue weighted by Gasteiger charge is 2.29. The maximum Gasteiger partial charge on any atom is 0.0772 e. The average molecular weight is 1820 g/mol. The molecule has 141 heavy (non-hydrogen) atoms. The Morgan fingerprint density at radius 2 is 0.362 bits per heavy atom. The molecule has 0 aliphatic carbocycles. The van der Waals surface area contributed by atoms with Gasteiger partial charge < -0.3 is 14.7 Å². The second-order valence-corrected chi connectivity index (χ2v) is 35.9. The number of aromatic nitrogens is 12. The number of para-hydroxylation sites is 9. The molecule has 6 heterocycles. The lowest BCUT2D eigenvalue weighted by Crippen LogP contribution is -2.10. The summed E-state index contributed by atoms with van der Waals surface area (Å²) in [6.07, 6.45) is 0. The van der Waals surface area contributed by atoms with Crippen LogP contribution in [0.1, 0.15) is 45.3 Å². The van der Waals surface area contributed by atoms with Crippen molar-refractivity contribution in [3.05, 3.63) is 500 Å². The van der Waals surface area contributed by atoms with E-state index < -0.39 is 0 Å². The lowest BCUT2D eigenvalue weighted by molar-refractivity contribution is 0.882. The van der Waals surface area contributed by atoms with Crippen LogP contribution in [-0.4, -0.2) is 58.7 Å². The molecule has 678 valence electrons. The molecular weight excluding hydrogens is 1720 g/mol. The van der Waals surface area contributed by atoms with E-state index in [9.17, 15) is 0 Å². The Labute approximate surface area is 818 Å². The number of anilines is 9. The molecule has 25 rings (SSSR count). The van der Waals surface area contributed by atoms with Crippen molar-refractivity contribution in [2.75, 3.05) is 14.7 Å². The van der Waals surface area contributed by atoms with Crippen molar-refractivity contribution < 1.29 is 0 Å². The molecule has 0 radical (unpaired) electrons. The fourth-order valence-electron chi connectivity index (χ4n) is 20.3. The summed E-state index contributed by atoms with van der Waals surface area (Å²) in [5.74, 6) is 0. The lowest BCUT2D eigenvalue weighted by atomic mass is 9.94. The summed E-state index contributed by atoms with van der Waals surface area (Å²) < 4.78 is 12.4. The lowest BCUT2D eigenvalue weighted by Gasteiger charge is -2.27. The van der Waals surface area contributed by atoms with Gasteiger partial charge in [-0.25, -0.2) is 28.1 Å². The summed E-state index contributed by atoms with van der Waals surface area (Å²) in [6.45, 7) is 16.9. The van der Waals surface area contributed by atoms with Crippen LogP contribution in [0.3, 0.4) is 0 Å². The number of rotatable bonds is 18. The molecule has 0 fully saturated rings. The Morgan fingerprint density at radius 3 is 0.610 bits per heavy atom. The van der Waals surface area contributed by atoms with Gasteiger partial charge in [0.2, 0.25) is 0 Å². The normalized spacial score (nSPS) is 11.4. The number of aryl methyl sites for hydroxylation is 8. The third-order valence-corrected chi connectivity index (χ3v) is 26.8. The molecule has 0 saturated heterocycles. The van der Waals surface area contributed by atoms with E-state index in [0.717, 1.165) is 218 Å². The van der Waals surface area contributed by atoms with Gasteiger partial charge in [-0.3, -0.25) is 0 Å². The summed E-state index contributed by atoms with van der Waals surface area (Å²) in [6, 6.07) is 160. The maximum absolute atomic E-state index is 5.11. The quantitative estimate of drug-likeness (QED) is 0.0828. The van der Waals surface area contributed by atoms with Crippen LogP contribution in [0.2, 0.25) is 0 Å². The molecule has 6 aromatic heterocycles. The maximum atomic E-state index is 5.11.